The molecule has 0 fully saturated rings. The third-order valence-electron chi connectivity index (χ3n) is 3.45. The molecule has 0 bridgehead atoms. The zero-order valence-corrected chi connectivity index (χ0v) is 13.6. The molecule has 6 heteroatoms. The fourth-order valence-electron chi connectivity index (χ4n) is 2.31. The van der Waals surface area contributed by atoms with Crippen LogP contribution in [0.1, 0.15) is 11.3 Å². The summed E-state index contributed by atoms with van der Waals surface area (Å²) in [7, 11) is 0. The topological polar surface area (TPSA) is 79.9 Å². The highest BCUT2D eigenvalue weighted by Gasteiger charge is 2.11. The molecule has 1 aromatic heterocycles. The van der Waals surface area contributed by atoms with Crippen LogP contribution in [0.25, 0.3) is 5.69 Å². The maximum atomic E-state index is 12.2. The van der Waals surface area contributed by atoms with Gasteiger partial charge in [0.15, 0.2) is 6.61 Å². The van der Waals surface area contributed by atoms with Gasteiger partial charge in [0.25, 0.3) is 5.91 Å². The van der Waals surface area contributed by atoms with Gasteiger partial charge in [-0.1, -0.05) is 18.2 Å². The van der Waals surface area contributed by atoms with E-state index < -0.39 is 0 Å². The molecule has 3 rings (SSSR count). The number of carbonyl (C=O) groups is 1. The van der Waals surface area contributed by atoms with E-state index in [4.69, 9.17) is 10.00 Å². The molecule has 0 saturated carbocycles. The van der Waals surface area contributed by atoms with E-state index in [-0.39, 0.29) is 12.5 Å². The largest absolute Gasteiger partial charge is 0.484 e. The van der Waals surface area contributed by atoms with Crippen LogP contribution in [-0.4, -0.2) is 22.3 Å². The number of amides is 1. The van der Waals surface area contributed by atoms with Crippen LogP contribution < -0.4 is 10.1 Å². The Kier molecular flexibility index (Phi) is 4.77. The smallest absolute Gasteiger partial charge is 0.263 e. The van der Waals surface area contributed by atoms with E-state index in [1.165, 1.54) is 0 Å². The molecular formula is C19H16N4O2. The van der Waals surface area contributed by atoms with Crippen LogP contribution in [0.4, 0.5) is 5.82 Å². The van der Waals surface area contributed by atoms with Crippen molar-refractivity contribution in [1.82, 2.24) is 9.78 Å². The van der Waals surface area contributed by atoms with Crippen LogP contribution in [0, 0.1) is 18.3 Å². The minimum Gasteiger partial charge on any atom is -0.484 e. The maximum absolute atomic E-state index is 12.2. The number of para-hydroxylation sites is 1. The number of nitrogens with one attached hydrogen (secondary N) is 1. The van der Waals surface area contributed by atoms with Crippen molar-refractivity contribution in [2.75, 3.05) is 11.9 Å². The molecule has 3 aromatic rings. The van der Waals surface area contributed by atoms with Crippen molar-refractivity contribution in [2.24, 2.45) is 0 Å². The second kappa shape index (κ2) is 7.32. The van der Waals surface area contributed by atoms with Gasteiger partial charge in [0.05, 0.1) is 23.0 Å². The Morgan fingerprint density at radius 2 is 1.92 bits per heavy atom. The molecule has 6 nitrogen and oxygen atoms in total. The number of ether oxygens (including phenoxy) is 1. The Balaban J connectivity index is 1.66. The van der Waals surface area contributed by atoms with Gasteiger partial charge in [0.1, 0.15) is 11.6 Å². The third-order valence-corrected chi connectivity index (χ3v) is 3.45. The van der Waals surface area contributed by atoms with Crippen LogP contribution >= 0.6 is 0 Å². The number of carbonyl (C=O) groups excluding carboxylic acids is 1. The fraction of sp³-hybridized carbons (Fsp3) is 0.105. The first-order valence-electron chi connectivity index (χ1n) is 7.70. The minimum atomic E-state index is -0.290. The van der Waals surface area contributed by atoms with Crippen molar-refractivity contribution in [3.05, 3.63) is 71.9 Å². The molecule has 0 aliphatic heterocycles. The monoisotopic (exact) mass is 332 g/mol. The van der Waals surface area contributed by atoms with Gasteiger partial charge >= 0.3 is 0 Å². The van der Waals surface area contributed by atoms with E-state index in [0.717, 1.165) is 11.4 Å². The lowest BCUT2D eigenvalue weighted by Gasteiger charge is -2.10. The fourth-order valence-corrected chi connectivity index (χ4v) is 2.31. The summed E-state index contributed by atoms with van der Waals surface area (Å²) in [4.78, 5) is 12.2. The van der Waals surface area contributed by atoms with Gasteiger partial charge in [0, 0.05) is 6.07 Å². The summed E-state index contributed by atoms with van der Waals surface area (Å²) in [6.07, 6.45) is 0. The lowest BCUT2D eigenvalue weighted by molar-refractivity contribution is -0.118. The molecule has 0 aliphatic rings. The number of rotatable bonds is 5. The van der Waals surface area contributed by atoms with Gasteiger partial charge in [-0.15, -0.1) is 0 Å². The van der Waals surface area contributed by atoms with Crippen LogP contribution in [0.3, 0.4) is 0 Å². The Hall–Kier alpha value is -3.59. The highest BCUT2D eigenvalue weighted by Crippen LogP contribution is 2.17. The average molecular weight is 332 g/mol. The Morgan fingerprint density at radius 1 is 1.20 bits per heavy atom. The standard InChI is InChI=1S/C19H16N4O2/c1-14-11-18(23(22-14)16-5-3-2-4-6-16)21-19(24)13-25-17-9-7-15(12-20)8-10-17/h2-11H,13H2,1H3,(H,21,24). The lowest BCUT2D eigenvalue weighted by Crippen LogP contribution is -2.21. The summed E-state index contributed by atoms with van der Waals surface area (Å²) < 4.78 is 7.12. The maximum Gasteiger partial charge on any atom is 0.263 e. The van der Waals surface area contributed by atoms with Crippen LogP contribution in [0.5, 0.6) is 5.75 Å². The van der Waals surface area contributed by atoms with Crippen LogP contribution in [0.15, 0.2) is 60.7 Å². The summed E-state index contributed by atoms with van der Waals surface area (Å²) >= 11 is 0. The molecule has 0 atom stereocenters. The molecular weight excluding hydrogens is 316 g/mol. The van der Waals surface area contributed by atoms with E-state index in [9.17, 15) is 4.79 Å². The number of nitriles is 1. The van der Waals surface area contributed by atoms with Crippen LogP contribution in [-0.2, 0) is 4.79 Å². The molecule has 0 unspecified atom stereocenters. The molecule has 1 amide bonds. The normalized spacial score (nSPS) is 10.1. The first kappa shape index (κ1) is 16.3. The van der Waals surface area contributed by atoms with Gasteiger partial charge in [-0.05, 0) is 43.3 Å². The predicted octanol–water partition coefficient (Wildman–Crippen LogP) is 3.07. The molecule has 124 valence electrons. The van der Waals surface area contributed by atoms with E-state index in [0.29, 0.717) is 17.1 Å². The number of hydrogen-bond acceptors (Lipinski definition) is 4. The third kappa shape index (κ3) is 4.03. The first-order chi connectivity index (χ1) is 12.2. The van der Waals surface area contributed by atoms with Crippen molar-refractivity contribution >= 4 is 11.7 Å². The van der Waals surface area contributed by atoms with Gasteiger partial charge in [0.2, 0.25) is 0 Å². The molecule has 1 heterocycles. The Morgan fingerprint density at radius 3 is 2.60 bits per heavy atom. The van der Waals surface area contributed by atoms with Gasteiger partial charge in [-0.3, -0.25) is 4.79 Å². The molecule has 2 aromatic carbocycles. The van der Waals surface area contributed by atoms with E-state index in [1.807, 2.05) is 43.3 Å². The quantitative estimate of drug-likeness (QED) is 0.778. The average Bonchev–Trinajstić information content (AvgIpc) is 3.01. The number of nitrogens with zero attached hydrogens (tertiary/aromatic N) is 3. The lowest BCUT2D eigenvalue weighted by atomic mass is 10.2. The van der Waals surface area contributed by atoms with E-state index in [2.05, 4.69) is 10.4 Å². The second-order valence-corrected chi connectivity index (χ2v) is 5.39. The zero-order chi connectivity index (χ0) is 17.6. The van der Waals surface area contributed by atoms with E-state index in [1.54, 1.807) is 35.0 Å². The summed E-state index contributed by atoms with van der Waals surface area (Å²) in [6, 6.07) is 20.0. The van der Waals surface area contributed by atoms with E-state index >= 15 is 0 Å². The zero-order valence-electron chi connectivity index (χ0n) is 13.6. The van der Waals surface area contributed by atoms with Crippen molar-refractivity contribution in [1.29, 1.82) is 5.26 Å². The summed E-state index contributed by atoms with van der Waals surface area (Å²) in [5, 5.41) is 16.0. The SMILES string of the molecule is Cc1cc(NC(=O)COc2ccc(C#N)cc2)n(-c2ccccc2)n1. The van der Waals surface area contributed by atoms with Crippen molar-refractivity contribution in [3.63, 3.8) is 0 Å². The number of aromatic nitrogens is 2. The summed E-state index contributed by atoms with van der Waals surface area (Å²) in [5.74, 6) is 0.820. The number of benzene rings is 2. The van der Waals surface area contributed by atoms with Gasteiger partial charge < -0.3 is 10.1 Å². The highest BCUT2D eigenvalue weighted by molar-refractivity contribution is 5.91. The Labute approximate surface area is 145 Å². The molecule has 0 aliphatic carbocycles. The predicted molar refractivity (Wildman–Crippen MR) is 93.6 cm³/mol. The molecule has 0 saturated heterocycles. The summed E-state index contributed by atoms with van der Waals surface area (Å²) in [5.41, 5.74) is 2.20. The van der Waals surface area contributed by atoms with Crippen molar-refractivity contribution in [3.8, 4) is 17.5 Å². The highest BCUT2D eigenvalue weighted by atomic mass is 16.5. The van der Waals surface area contributed by atoms with Crippen molar-refractivity contribution < 1.29 is 9.53 Å². The molecule has 25 heavy (non-hydrogen) atoms. The van der Waals surface area contributed by atoms with Crippen LogP contribution in [0.2, 0.25) is 0 Å². The number of anilines is 1. The number of aryl methyl sites for hydroxylation is 1. The Bertz CT molecular complexity index is 909. The second-order valence-electron chi connectivity index (χ2n) is 5.39. The number of hydrogen-bond donors (Lipinski definition) is 1. The first-order valence-corrected chi connectivity index (χ1v) is 7.70. The summed E-state index contributed by atoms with van der Waals surface area (Å²) in [6.45, 7) is 1.73. The van der Waals surface area contributed by atoms with Gasteiger partial charge in [-0.2, -0.15) is 10.4 Å². The van der Waals surface area contributed by atoms with Crippen molar-refractivity contribution in [2.45, 2.75) is 6.92 Å². The van der Waals surface area contributed by atoms with Gasteiger partial charge in [-0.25, -0.2) is 4.68 Å². The molecule has 0 radical (unpaired) electrons. The molecule has 0 spiro atoms. The minimum absolute atomic E-state index is 0.134. The molecule has 1 N–H and O–H groups in total.